The van der Waals surface area contributed by atoms with Crippen LogP contribution in [0, 0.1) is 29.6 Å². The van der Waals surface area contributed by atoms with Gasteiger partial charge in [-0.2, -0.15) is 5.10 Å². The van der Waals surface area contributed by atoms with Crippen molar-refractivity contribution in [2.45, 2.75) is 46.1 Å². The second-order valence-electron chi connectivity index (χ2n) is 11.5. The van der Waals surface area contributed by atoms with Crippen LogP contribution >= 0.6 is 0 Å². The van der Waals surface area contributed by atoms with Gasteiger partial charge in [0, 0.05) is 25.2 Å². The highest BCUT2D eigenvalue weighted by molar-refractivity contribution is 5.98. The Labute approximate surface area is 226 Å². The van der Waals surface area contributed by atoms with E-state index < -0.39 is 5.91 Å². The Bertz CT molecular complexity index is 1430. The van der Waals surface area contributed by atoms with Gasteiger partial charge in [0.1, 0.15) is 17.1 Å². The van der Waals surface area contributed by atoms with E-state index in [0.29, 0.717) is 41.4 Å². The van der Waals surface area contributed by atoms with Crippen molar-refractivity contribution < 1.29 is 19.1 Å². The van der Waals surface area contributed by atoms with Crippen molar-refractivity contribution in [3.05, 3.63) is 53.5 Å². The Morgan fingerprint density at radius 3 is 2.82 bits per heavy atom. The molecule has 3 heterocycles. The molecule has 1 aromatic carbocycles. The van der Waals surface area contributed by atoms with E-state index >= 15 is 0 Å². The lowest BCUT2D eigenvalue weighted by atomic mass is 9.60. The molecule has 2 aromatic heterocycles. The largest absolute Gasteiger partial charge is 0.482 e. The van der Waals surface area contributed by atoms with Crippen molar-refractivity contribution in [3.8, 4) is 5.75 Å². The third-order valence-corrected chi connectivity index (χ3v) is 8.57. The summed E-state index contributed by atoms with van der Waals surface area (Å²) in [4.78, 5) is 42.5. The first-order chi connectivity index (χ1) is 18.8. The lowest BCUT2D eigenvalue weighted by Gasteiger charge is -2.46. The Kier molecular flexibility index (Phi) is 6.70. The maximum absolute atomic E-state index is 13.4. The van der Waals surface area contributed by atoms with Crippen LogP contribution in [0.4, 0.5) is 5.69 Å². The van der Waals surface area contributed by atoms with Crippen LogP contribution < -0.4 is 20.7 Å². The topological polar surface area (TPSA) is 127 Å². The number of carbonyl (C=O) groups is 3. The second-order valence-corrected chi connectivity index (χ2v) is 11.5. The molecule has 6 rings (SSSR count). The molecule has 2 saturated carbocycles. The fourth-order valence-electron chi connectivity index (χ4n) is 6.88. The van der Waals surface area contributed by atoms with Crippen molar-refractivity contribution in [1.29, 1.82) is 0 Å². The maximum atomic E-state index is 13.4. The number of benzene rings is 1. The molecular formula is C29H34N6O4. The van der Waals surface area contributed by atoms with Gasteiger partial charge in [0.05, 0.1) is 11.9 Å². The Hall–Kier alpha value is -3.95. The van der Waals surface area contributed by atoms with E-state index in [-0.39, 0.29) is 36.4 Å². The Balaban J connectivity index is 1.15. The Morgan fingerprint density at radius 1 is 1.08 bits per heavy atom. The molecule has 3 N–H and O–H groups in total. The number of nitrogens with zero attached hydrogens (tertiary/aromatic N) is 3. The van der Waals surface area contributed by atoms with Crippen LogP contribution in [-0.2, 0) is 11.3 Å². The van der Waals surface area contributed by atoms with Gasteiger partial charge in [-0.3, -0.25) is 14.4 Å². The molecule has 2 fully saturated rings. The second kappa shape index (κ2) is 10.3. The number of fused-ring (bicyclic) bond motifs is 4. The minimum Gasteiger partial charge on any atom is -0.482 e. The fourth-order valence-corrected chi connectivity index (χ4v) is 6.88. The molecule has 2 aliphatic carbocycles. The van der Waals surface area contributed by atoms with E-state index in [0.717, 1.165) is 17.4 Å². The van der Waals surface area contributed by atoms with Gasteiger partial charge in [0.2, 0.25) is 0 Å². The van der Waals surface area contributed by atoms with Crippen LogP contribution in [0.2, 0.25) is 0 Å². The molecule has 5 atom stereocenters. The van der Waals surface area contributed by atoms with Crippen LogP contribution in [0.3, 0.4) is 0 Å². The van der Waals surface area contributed by atoms with Gasteiger partial charge in [-0.1, -0.05) is 19.9 Å². The minimum atomic E-state index is -0.408. The van der Waals surface area contributed by atoms with E-state index in [1.54, 1.807) is 24.4 Å². The van der Waals surface area contributed by atoms with Crippen LogP contribution in [0.1, 0.15) is 66.1 Å². The summed E-state index contributed by atoms with van der Waals surface area (Å²) in [6.07, 6.45) is 6.62. The third kappa shape index (κ3) is 5.20. The quantitative estimate of drug-likeness (QED) is 0.448. The fraction of sp³-hybridized carbons (Fsp3) is 0.483. The van der Waals surface area contributed by atoms with Crippen molar-refractivity contribution in [2.24, 2.45) is 29.6 Å². The highest BCUT2D eigenvalue weighted by Crippen LogP contribution is 2.47. The monoisotopic (exact) mass is 530 g/mol. The number of carbonyl (C=O) groups excluding carboxylic acids is 3. The van der Waals surface area contributed by atoms with Gasteiger partial charge in [-0.05, 0) is 73.0 Å². The Morgan fingerprint density at radius 2 is 1.95 bits per heavy atom. The van der Waals surface area contributed by atoms with Gasteiger partial charge >= 0.3 is 0 Å². The highest BCUT2D eigenvalue weighted by Gasteiger charge is 2.40. The maximum Gasteiger partial charge on any atom is 0.270 e. The summed E-state index contributed by atoms with van der Waals surface area (Å²) in [6, 6.07) is 8.52. The van der Waals surface area contributed by atoms with Crippen LogP contribution in [-0.4, -0.2) is 45.5 Å². The van der Waals surface area contributed by atoms with E-state index in [4.69, 9.17) is 4.74 Å². The molecule has 10 nitrogen and oxygen atoms in total. The zero-order valence-electron chi connectivity index (χ0n) is 22.3. The van der Waals surface area contributed by atoms with Crippen molar-refractivity contribution >= 4 is 29.1 Å². The lowest BCUT2D eigenvalue weighted by molar-refractivity contribution is -0.118. The van der Waals surface area contributed by atoms with Crippen molar-refractivity contribution in [2.75, 3.05) is 18.5 Å². The van der Waals surface area contributed by atoms with Gasteiger partial charge in [-0.15, -0.1) is 0 Å². The van der Waals surface area contributed by atoms with Crippen molar-refractivity contribution in [3.63, 3.8) is 0 Å². The number of ether oxygens (including phenoxy) is 1. The normalized spacial score (nSPS) is 25.8. The molecule has 39 heavy (non-hydrogen) atoms. The number of hydrogen-bond acceptors (Lipinski definition) is 6. The SMILES string of the molecule is CC1CC2CC(C)C(CNC(=O)c3cc(C(=O)NCc4ccc5c(c4)NC(=O)CO5)nc4ccnn34)C(C1)C2. The number of aromatic nitrogens is 3. The number of hydrogen-bond donors (Lipinski definition) is 3. The molecule has 2 bridgehead atoms. The van der Waals surface area contributed by atoms with Gasteiger partial charge < -0.3 is 20.7 Å². The summed E-state index contributed by atoms with van der Waals surface area (Å²) in [5.41, 5.74) is 2.20. The van der Waals surface area contributed by atoms with Gasteiger partial charge in [-0.25, -0.2) is 9.50 Å². The minimum absolute atomic E-state index is 0.0122. The third-order valence-electron chi connectivity index (χ3n) is 8.57. The molecule has 5 unspecified atom stereocenters. The van der Waals surface area contributed by atoms with E-state index in [1.165, 1.54) is 36.3 Å². The van der Waals surface area contributed by atoms with E-state index in [1.807, 2.05) is 6.07 Å². The molecule has 3 amide bonds. The molecule has 3 aliphatic rings. The number of nitrogens with one attached hydrogen (secondary N) is 3. The first kappa shape index (κ1) is 25.3. The summed E-state index contributed by atoms with van der Waals surface area (Å²) in [7, 11) is 0. The molecule has 0 saturated heterocycles. The molecule has 0 radical (unpaired) electrons. The van der Waals surface area contributed by atoms with Crippen LogP contribution in [0.5, 0.6) is 5.75 Å². The summed E-state index contributed by atoms with van der Waals surface area (Å²) in [6.45, 7) is 5.49. The zero-order valence-corrected chi connectivity index (χ0v) is 22.3. The first-order valence-electron chi connectivity index (χ1n) is 13.8. The molecule has 204 valence electrons. The zero-order chi connectivity index (χ0) is 27.1. The predicted octanol–water partition coefficient (Wildman–Crippen LogP) is 3.43. The summed E-state index contributed by atoms with van der Waals surface area (Å²) < 4.78 is 6.86. The molecule has 1 aliphatic heterocycles. The predicted molar refractivity (Wildman–Crippen MR) is 144 cm³/mol. The van der Waals surface area contributed by atoms with Gasteiger partial charge in [0.25, 0.3) is 17.7 Å². The van der Waals surface area contributed by atoms with Gasteiger partial charge in [0.15, 0.2) is 12.3 Å². The first-order valence-corrected chi connectivity index (χ1v) is 13.8. The summed E-state index contributed by atoms with van der Waals surface area (Å²) in [5.74, 6) is 2.95. The van der Waals surface area contributed by atoms with E-state index in [9.17, 15) is 14.4 Å². The van der Waals surface area contributed by atoms with Crippen LogP contribution in [0.25, 0.3) is 5.65 Å². The van der Waals surface area contributed by atoms with E-state index in [2.05, 4.69) is 39.9 Å². The summed E-state index contributed by atoms with van der Waals surface area (Å²) >= 11 is 0. The average Bonchev–Trinajstić information content (AvgIpc) is 3.39. The molecule has 0 spiro atoms. The van der Waals surface area contributed by atoms with Crippen molar-refractivity contribution in [1.82, 2.24) is 25.2 Å². The standard InChI is InChI=1S/C29H34N6O4/c1-16-7-19-9-17(2)21(20(8-16)10-19)14-31-29(38)24-12-23(33-26-5-6-32-35(24)26)28(37)30-13-18-3-4-25-22(11-18)34-27(36)15-39-25/h3-6,11-12,16-17,19-21H,7-10,13-15H2,1-2H3,(H,30,37)(H,31,38)(H,34,36). The lowest BCUT2D eigenvalue weighted by Crippen LogP contribution is -2.43. The average molecular weight is 531 g/mol. The molecule has 3 aromatic rings. The molecule has 10 heteroatoms. The number of rotatable bonds is 6. The summed E-state index contributed by atoms with van der Waals surface area (Å²) in [5, 5.41) is 13.0. The molecular weight excluding hydrogens is 496 g/mol. The van der Waals surface area contributed by atoms with Crippen LogP contribution in [0.15, 0.2) is 36.5 Å². The highest BCUT2D eigenvalue weighted by atomic mass is 16.5. The number of anilines is 1. The number of amides is 3. The smallest absolute Gasteiger partial charge is 0.270 e.